The van der Waals surface area contributed by atoms with Crippen molar-refractivity contribution in [1.29, 1.82) is 0 Å². The van der Waals surface area contributed by atoms with Crippen molar-refractivity contribution in [2.24, 2.45) is 4.99 Å². The van der Waals surface area contributed by atoms with Crippen molar-refractivity contribution < 1.29 is 4.79 Å². The van der Waals surface area contributed by atoms with Crippen LogP contribution in [0.25, 0.3) is 29.0 Å². The molecule has 0 saturated carbocycles. The summed E-state index contributed by atoms with van der Waals surface area (Å²) < 4.78 is 0. The Morgan fingerprint density at radius 1 is 0.833 bits per heavy atom. The first kappa shape index (κ1) is 9.54. The van der Waals surface area contributed by atoms with Gasteiger partial charge in [-0.3, -0.25) is 4.79 Å². The third-order valence-corrected chi connectivity index (χ3v) is 3.46. The molecule has 4 rings (SSSR count). The van der Waals surface area contributed by atoms with Crippen molar-refractivity contribution in [1.82, 2.24) is 0 Å². The summed E-state index contributed by atoms with van der Waals surface area (Å²) in [6.45, 7) is 0. The second-order valence-electron chi connectivity index (χ2n) is 4.47. The van der Waals surface area contributed by atoms with Crippen LogP contribution in [-0.2, 0) is 4.79 Å². The number of hydrogen-bond acceptors (Lipinski definition) is 1. The Labute approximate surface area is 103 Å². The summed E-state index contributed by atoms with van der Waals surface area (Å²) in [5.74, 6) is -0.184. The van der Waals surface area contributed by atoms with Crippen molar-refractivity contribution in [2.45, 2.75) is 0 Å². The molecular weight excluding hydrogens is 222 g/mol. The number of amides is 1. The standard InChI is InChI=1S/C16H9NO/c18-16-9-7-14-13-5-4-10-2-1-3-11(10)12(13)6-8-15(14)17-16/h1-9H. The predicted octanol–water partition coefficient (Wildman–Crippen LogP) is 1.82. The molecular formula is C16H9NO. The molecule has 0 fully saturated rings. The van der Waals surface area contributed by atoms with Crippen LogP contribution in [0.1, 0.15) is 11.1 Å². The van der Waals surface area contributed by atoms with Gasteiger partial charge in [-0.05, 0) is 33.7 Å². The third-order valence-electron chi connectivity index (χ3n) is 3.46. The second kappa shape index (κ2) is 3.26. The Hall–Kier alpha value is -2.48. The number of nitrogens with zero attached hydrogens (tertiary/aromatic N) is 1. The molecule has 0 radical (unpaired) electrons. The highest BCUT2D eigenvalue weighted by atomic mass is 16.1. The van der Waals surface area contributed by atoms with E-state index in [9.17, 15) is 4.79 Å². The van der Waals surface area contributed by atoms with Crippen LogP contribution in [0.3, 0.4) is 0 Å². The van der Waals surface area contributed by atoms with E-state index in [4.69, 9.17) is 0 Å². The Morgan fingerprint density at radius 3 is 2.61 bits per heavy atom. The fraction of sp³-hybridized carbons (Fsp3) is 0. The molecule has 2 heteroatoms. The monoisotopic (exact) mass is 231 g/mol. The molecule has 2 aromatic rings. The Bertz CT molecular complexity index is 885. The van der Waals surface area contributed by atoms with Crippen molar-refractivity contribution in [3.05, 3.63) is 58.1 Å². The predicted molar refractivity (Wildman–Crippen MR) is 72.3 cm³/mol. The van der Waals surface area contributed by atoms with Crippen molar-refractivity contribution >= 4 is 34.9 Å². The van der Waals surface area contributed by atoms with Crippen LogP contribution in [0.2, 0.25) is 0 Å². The van der Waals surface area contributed by atoms with Gasteiger partial charge in [0.15, 0.2) is 0 Å². The molecule has 0 atom stereocenters. The van der Waals surface area contributed by atoms with E-state index in [-0.39, 0.29) is 5.91 Å². The summed E-state index contributed by atoms with van der Waals surface area (Å²) in [7, 11) is 0. The Balaban J connectivity index is 2.22. The van der Waals surface area contributed by atoms with Crippen LogP contribution in [0.15, 0.2) is 41.4 Å². The molecule has 18 heavy (non-hydrogen) atoms. The zero-order valence-electron chi connectivity index (χ0n) is 9.55. The molecule has 1 aliphatic heterocycles. The van der Waals surface area contributed by atoms with E-state index in [2.05, 4.69) is 35.4 Å². The number of carbonyl (C=O) groups is 1. The lowest BCUT2D eigenvalue weighted by Gasteiger charge is -2.08. The summed E-state index contributed by atoms with van der Waals surface area (Å²) in [5.41, 5.74) is 2.29. The molecule has 84 valence electrons. The molecule has 0 spiro atoms. The summed E-state index contributed by atoms with van der Waals surface area (Å²) in [4.78, 5) is 15.3. The van der Waals surface area contributed by atoms with Gasteiger partial charge in [-0.1, -0.05) is 36.4 Å². The van der Waals surface area contributed by atoms with Crippen LogP contribution in [-0.4, -0.2) is 5.91 Å². The van der Waals surface area contributed by atoms with Crippen LogP contribution in [0, 0.1) is 0 Å². The average Bonchev–Trinajstić information content (AvgIpc) is 2.86. The maximum Gasteiger partial charge on any atom is 0.270 e. The first-order chi connectivity index (χ1) is 8.83. The van der Waals surface area contributed by atoms with Crippen molar-refractivity contribution in [3.63, 3.8) is 0 Å². The van der Waals surface area contributed by atoms with Gasteiger partial charge in [-0.15, -0.1) is 0 Å². The highest BCUT2D eigenvalue weighted by molar-refractivity contribution is 6.02. The summed E-state index contributed by atoms with van der Waals surface area (Å²) in [5, 5.41) is 4.38. The number of benzene rings is 2. The fourth-order valence-corrected chi connectivity index (χ4v) is 2.62. The molecule has 0 bridgehead atoms. The number of hydrogen-bond donors (Lipinski definition) is 0. The van der Waals surface area contributed by atoms with Crippen LogP contribution < -0.4 is 10.6 Å². The Kier molecular flexibility index (Phi) is 1.73. The molecule has 1 aliphatic carbocycles. The lowest BCUT2D eigenvalue weighted by molar-refractivity contribution is -0.113. The number of carbonyl (C=O) groups excluding carboxylic acids is 1. The second-order valence-corrected chi connectivity index (χ2v) is 4.47. The highest BCUT2D eigenvalue weighted by Crippen LogP contribution is 2.22. The zero-order chi connectivity index (χ0) is 12.1. The minimum atomic E-state index is -0.184. The van der Waals surface area contributed by atoms with Gasteiger partial charge in [-0.2, -0.15) is 0 Å². The maximum absolute atomic E-state index is 11.3. The quantitative estimate of drug-likeness (QED) is 0.680. The molecule has 0 unspecified atom stereocenters. The normalized spacial score (nSPS) is 15.2. The van der Waals surface area contributed by atoms with E-state index in [1.807, 2.05) is 18.2 Å². The maximum atomic E-state index is 11.3. The van der Waals surface area contributed by atoms with E-state index in [0.717, 1.165) is 16.3 Å². The van der Waals surface area contributed by atoms with Gasteiger partial charge in [0.2, 0.25) is 0 Å². The zero-order valence-corrected chi connectivity index (χ0v) is 9.55. The largest absolute Gasteiger partial charge is 0.270 e. The lowest BCUT2D eigenvalue weighted by Crippen LogP contribution is -2.14. The van der Waals surface area contributed by atoms with Crippen molar-refractivity contribution in [2.75, 3.05) is 0 Å². The minimum absolute atomic E-state index is 0.184. The fourth-order valence-electron chi connectivity index (χ4n) is 2.62. The minimum Gasteiger partial charge on any atom is -0.267 e. The topological polar surface area (TPSA) is 29.4 Å². The van der Waals surface area contributed by atoms with Gasteiger partial charge in [0, 0.05) is 11.6 Å². The van der Waals surface area contributed by atoms with Crippen LogP contribution in [0.4, 0.5) is 0 Å². The van der Waals surface area contributed by atoms with Gasteiger partial charge < -0.3 is 0 Å². The molecule has 2 aromatic carbocycles. The summed E-state index contributed by atoms with van der Waals surface area (Å²) in [6.07, 6.45) is 9.68. The van der Waals surface area contributed by atoms with E-state index in [1.54, 1.807) is 0 Å². The van der Waals surface area contributed by atoms with Gasteiger partial charge in [0.05, 0.1) is 5.36 Å². The van der Waals surface area contributed by atoms with Gasteiger partial charge in [0.25, 0.3) is 5.91 Å². The molecule has 0 aromatic heterocycles. The summed E-state index contributed by atoms with van der Waals surface area (Å²) >= 11 is 0. The Morgan fingerprint density at radius 2 is 1.67 bits per heavy atom. The number of fused-ring (bicyclic) bond motifs is 5. The van der Waals surface area contributed by atoms with Crippen molar-refractivity contribution in [3.8, 4) is 0 Å². The lowest BCUT2D eigenvalue weighted by atomic mass is 9.98. The van der Waals surface area contributed by atoms with E-state index in [1.165, 1.54) is 22.2 Å². The van der Waals surface area contributed by atoms with Gasteiger partial charge in [-0.25, -0.2) is 4.99 Å². The van der Waals surface area contributed by atoms with Gasteiger partial charge in [0.1, 0.15) is 0 Å². The number of rotatable bonds is 0. The molecule has 0 N–H and O–H groups in total. The van der Waals surface area contributed by atoms with E-state index < -0.39 is 0 Å². The molecule has 0 saturated heterocycles. The smallest absolute Gasteiger partial charge is 0.267 e. The van der Waals surface area contributed by atoms with Gasteiger partial charge >= 0.3 is 0 Å². The van der Waals surface area contributed by atoms with E-state index >= 15 is 0 Å². The SMILES string of the molecule is O=C1C=Cc2c(ccc3c4c(ccc23)=CC=C4)=N1. The highest BCUT2D eigenvalue weighted by Gasteiger charge is 2.10. The molecule has 1 heterocycles. The first-order valence-corrected chi connectivity index (χ1v) is 5.88. The summed E-state index contributed by atoms with van der Waals surface area (Å²) in [6, 6.07) is 8.19. The van der Waals surface area contributed by atoms with Crippen LogP contribution in [0.5, 0.6) is 0 Å². The van der Waals surface area contributed by atoms with Crippen LogP contribution >= 0.6 is 0 Å². The average molecular weight is 231 g/mol. The first-order valence-electron chi connectivity index (χ1n) is 5.88. The molecule has 2 nitrogen and oxygen atoms in total. The molecule has 2 aliphatic rings. The van der Waals surface area contributed by atoms with E-state index in [0.29, 0.717) is 0 Å². The third kappa shape index (κ3) is 1.17. The molecule has 1 amide bonds. The number of allylic oxidation sites excluding steroid dienone is 1.